The molecule has 0 N–H and O–H groups in total. The average Bonchev–Trinajstić information content (AvgIpc) is 2.39. The van der Waals surface area contributed by atoms with E-state index in [-0.39, 0.29) is 9.92 Å². The number of hydrogen-bond donors (Lipinski definition) is 0. The van der Waals surface area contributed by atoms with E-state index in [0.717, 1.165) is 19.3 Å². The van der Waals surface area contributed by atoms with Crippen molar-refractivity contribution in [3.8, 4) is 0 Å². The summed E-state index contributed by atoms with van der Waals surface area (Å²) in [4.78, 5) is 3.96. The van der Waals surface area contributed by atoms with Gasteiger partial charge in [0.1, 0.15) is 4.90 Å². The maximum Gasteiger partial charge on any atom is 0.246 e. The second-order valence-corrected chi connectivity index (χ2v) is 6.88. The average molecular weight is 289 g/mol. The van der Waals surface area contributed by atoms with Crippen LogP contribution in [0.2, 0.25) is 5.02 Å². The molecule has 1 fully saturated rings. The Labute approximate surface area is 113 Å². The van der Waals surface area contributed by atoms with Gasteiger partial charge in [-0.1, -0.05) is 24.9 Å². The topological polar surface area (TPSA) is 50.3 Å². The smallest absolute Gasteiger partial charge is 0.246 e. The quantitative estimate of drug-likeness (QED) is 0.859. The Kier molecular flexibility index (Phi) is 4.25. The van der Waals surface area contributed by atoms with E-state index in [4.69, 9.17) is 11.6 Å². The van der Waals surface area contributed by atoms with Crippen LogP contribution in [0.5, 0.6) is 0 Å². The molecule has 2 heterocycles. The fourth-order valence-electron chi connectivity index (χ4n) is 2.25. The first-order valence-electron chi connectivity index (χ1n) is 6.15. The van der Waals surface area contributed by atoms with Gasteiger partial charge in [-0.3, -0.25) is 4.98 Å². The third-order valence-corrected chi connectivity index (χ3v) is 5.87. The summed E-state index contributed by atoms with van der Waals surface area (Å²) in [6.07, 6.45) is 5.77. The zero-order valence-electron chi connectivity index (χ0n) is 10.3. The Balaban J connectivity index is 2.20. The van der Waals surface area contributed by atoms with Gasteiger partial charge in [-0.05, 0) is 24.8 Å². The van der Waals surface area contributed by atoms with Gasteiger partial charge in [0.2, 0.25) is 10.0 Å². The lowest BCUT2D eigenvalue weighted by Gasteiger charge is -2.30. The number of rotatable bonds is 3. The molecule has 0 unspecified atom stereocenters. The first-order valence-corrected chi connectivity index (χ1v) is 7.97. The van der Waals surface area contributed by atoms with Gasteiger partial charge in [0, 0.05) is 25.5 Å². The molecule has 0 atom stereocenters. The minimum Gasteiger partial charge on any atom is -0.263 e. The van der Waals surface area contributed by atoms with Crippen molar-refractivity contribution >= 4 is 21.6 Å². The van der Waals surface area contributed by atoms with Crippen LogP contribution in [0.1, 0.15) is 26.2 Å². The van der Waals surface area contributed by atoms with Gasteiger partial charge in [-0.25, -0.2) is 8.42 Å². The van der Waals surface area contributed by atoms with Crippen LogP contribution in [0, 0.1) is 5.92 Å². The van der Waals surface area contributed by atoms with Crippen LogP contribution in [0.4, 0.5) is 0 Å². The number of halogens is 1. The highest BCUT2D eigenvalue weighted by molar-refractivity contribution is 7.89. The fourth-order valence-corrected chi connectivity index (χ4v) is 4.13. The van der Waals surface area contributed by atoms with Gasteiger partial charge in [0.15, 0.2) is 0 Å². The predicted octanol–water partition coefficient (Wildman–Crippen LogP) is 2.55. The molecule has 0 aromatic carbocycles. The molecule has 1 aliphatic heterocycles. The number of hydrogen-bond acceptors (Lipinski definition) is 3. The lowest BCUT2D eigenvalue weighted by molar-refractivity contribution is 0.269. The number of sulfonamides is 1. The Hall–Kier alpha value is -0.650. The molecular weight excluding hydrogens is 272 g/mol. The largest absolute Gasteiger partial charge is 0.263 e. The standard InChI is InChI=1S/C12H17ClN2O2S/c1-2-10-4-7-15(8-5-10)18(16,17)12-9-14-6-3-11(12)13/h3,6,9-10H,2,4-5,7-8H2,1H3. The lowest BCUT2D eigenvalue weighted by Crippen LogP contribution is -2.38. The van der Waals surface area contributed by atoms with Gasteiger partial charge in [0.25, 0.3) is 0 Å². The van der Waals surface area contributed by atoms with Crippen LogP contribution in [-0.4, -0.2) is 30.8 Å². The van der Waals surface area contributed by atoms with Crippen molar-refractivity contribution in [2.75, 3.05) is 13.1 Å². The predicted molar refractivity (Wildman–Crippen MR) is 71.0 cm³/mol. The molecule has 0 saturated carbocycles. The van der Waals surface area contributed by atoms with Crippen molar-refractivity contribution in [1.82, 2.24) is 9.29 Å². The molecule has 18 heavy (non-hydrogen) atoms. The van der Waals surface area contributed by atoms with Crippen molar-refractivity contribution in [3.63, 3.8) is 0 Å². The van der Waals surface area contributed by atoms with Gasteiger partial charge in [-0.15, -0.1) is 0 Å². The SMILES string of the molecule is CCC1CCN(S(=O)(=O)c2cnccc2Cl)CC1. The normalized spacial score (nSPS) is 19.0. The molecule has 1 aliphatic rings. The van der Waals surface area contributed by atoms with Gasteiger partial charge in [-0.2, -0.15) is 4.31 Å². The van der Waals surface area contributed by atoms with E-state index in [1.165, 1.54) is 22.8 Å². The fraction of sp³-hybridized carbons (Fsp3) is 0.583. The van der Waals surface area contributed by atoms with Crippen molar-refractivity contribution in [2.45, 2.75) is 31.1 Å². The summed E-state index contributed by atoms with van der Waals surface area (Å²) >= 11 is 5.94. The number of nitrogens with zero attached hydrogens (tertiary/aromatic N) is 2. The molecule has 6 heteroatoms. The van der Waals surface area contributed by atoms with Crippen molar-refractivity contribution in [3.05, 3.63) is 23.5 Å². The van der Waals surface area contributed by atoms with E-state index >= 15 is 0 Å². The molecule has 2 rings (SSSR count). The van der Waals surface area contributed by atoms with E-state index in [1.54, 1.807) is 0 Å². The molecule has 1 aromatic heterocycles. The number of aromatic nitrogens is 1. The molecule has 1 aromatic rings. The first-order chi connectivity index (χ1) is 8.55. The van der Waals surface area contributed by atoms with Crippen LogP contribution < -0.4 is 0 Å². The third-order valence-electron chi connectivity index (χ3n) is 3.50. The molecule has 0 radical (unpaired) electrons. The summed E-state index contributed by atoms with van der Waals surface area (Å²) in [6.45, 7) is 3.30. The van der Waals surface area contributed by atoms with E-state index in [0.29, 0.717) is 19.0 Å². The van der Waals surface area contributed by atoms with E-state index in [1.807, 2.05) is 0 Å². The zero-order valence-corrected chi connectivity index (χ0v) is 11.9. The van der Waals surface area contributed by atoms with Crippen molar-refractivity contribution < 1.29 is 8.42 Å². The summed E-state index contributed by atoms with van der Waals surface area (Å²) < 4.78 is 26.3. The van der Waals surface area contributed by atoms with E-state index < -0.39 is 10.0 Å². The minimum atomic E-state index is -3.49. The Morgan fingerprint density at radius 2 is 2.11 bits per heavy atom. The molecule has 0 spiro atoms. The Morgan fingerprint density at radius 3 is 2.67 bits per heavy atom. The van der Waals surface area contributed by atoms with Gasteiger partial charge < -0.3 is 0 Å². The molecule has 1 saturated heterocycles. The minimum absolute atomic E-state index is 0.113. The van der Waals surface area contributed by atoms with Crippen LogP contribution >= 0.6 is 11.6 Å². The molecular formula is C12H17ClN2O2S. The maximum atomic E-state index is 12.4. The highest BCUT2D eigenvalue weighted by Gasteiger charge is 2.30. The van der Waals surface area contributed by atoms with Gasteiger partial charge in [0.05, 0.1) is 5.02 Å². The highest BCUT2D eigenvalue weighted by Crippen LogP contribution is 2.28. The van der Waals surface area contributed by atoms with Crippen LogP contribution in [0.25, 0.3) is 0 Å². The number of pyridine rings is 1. The van der Waals surface area contributed by atoms with E-state index in [2.05, 4.69) is 11.9 Å². The summed E-state index contributed by atoms with van der Waals surface area (Å²) in [5.74, 6) is 0.640. The first kappa shape index (κ1) is 13.8. The Bertz CT molecular complexity index is 511. The molecule has 0 bridgehead atoms. The summed E-state index contributed by atoms with van der Waals surface area (Å²) in [6, 6.07) is 1.51. The summed E-state index contributed by atoms with van der Waals surface area (Å²) in [7, 11) is -3.49. The van der Waals surface area contributed by atoms with Crippen LogP contribution in [0.3, 0.4) is 0 Å². The monoisotopic (exact) mass is 288 g/mol. The van der Waals surface area contributed by atoms with Crippen LogP contribution in [0.15, 0.2) is 23.4 Å². The highest BCUT2D eigenvalue weighted by atomic mass is 35.5. The summed E-state index contributed by atoms with van der Waals surface area (Å²) in [5.41, 5.74) is 0. The van der Waals surface area contributed by atoms with Crippen molar-refractivity contribution in [1.29, 1.82) is 0 Å². The second-order valence-electron chi connectivity index (χ2n) is 4.56. The third kappa shape index (κ3) is 2.68. The molecule has 100 valence electrons. The Morgan fingerprint density at radius 1 is 1.44 bits per heavy atom. The maximum absolute atomic E-state index is 12.4. The second kappa shape index (κ2) is 5.55. The molecule has 4 nitrogen and oxygen atoms in total. The van der Waals surface area contributed by atoms with Gasteiger partial charge >= 0.3 is 0 Å². The van der Waals surface area contributed by atoms with Crippen LogP contribution in [-0.2, 0) is 10.0 Å². The lowest BCUT2D eigenvalue weighted by atomic mass is 9.96. The zero-order chi connectivity index (χ0) is 13.2. The summed E-state index contributed by atoms with van der Waals surface area (Å²) in [5, 5.41) is 0.239. The molecule has 0 aliphatic carbocycles. The van der Waals surface area contributed by atoms with Crippen molar-refractivity contribution in [2.24, 2.45) is 5.92 Å². The van der Waals surface area contributed by atoms with E-state index in [9.17, 15) is 8.42 Å². The molecule has 0 amide bonds. The number of piperidine rings is 1.